The van der Waals surface area contributed by atoms with Gasteiger partial charge in [-0.05, 0) is 47.7 Å². The Hall–Kier alpha value is -3.53. The van der Waals surface area contributed by atoms with Gasteiger partial charge in [0.2, 0.25) is 5.91 Å². The number of fused-ring (bicyclic) bond motifs is 1. The van der Waals surface area contributed by atoms with E-state index >= 15 is 0 Å². The number of ether oxygens (including phenoxy) is 1. The molecule has 1 atom stereocenters. The fraction of sp³-hybridized carbons (Fsp3) is 0.300. The second-order valence-corrected chi connectivity index (χ2v) is 9.44. The van der Waals surface area contributed by atoms with E-state index in [1.807, 2.05) is 12.1 Å². The fourth-order valence-corrected chi connectivity index (χ4v) is 4.39. The van der Waals surface area contributed by atoms with Crippen LogP contribution in [0.5, 0.6) is 5.75 Å². The Bertz CT molecular complexity index is 1240. The molecule has 0 bridgehead atoms. The number of para-hydroxylation sites is 1. The van der Waals surface area contributed by atoms with Gasteiger partial charge in [0.1, 0.15) is 5.75 Å². The van der Waals surface area contributed by atoms with Crippen molar-refractivity contribution in [2.24, 2.45) is 5.92 Å². The smallest absolute Gasteiger partial charge is 0.220 e. The Morgan fingerprint density at radius 1 is 0.971 bits per heavy atom. The lowest BCUT2D eigenvalue weighted by Crippen LogP contribution is -2.28. The minimum absolute atomic E-state index is 0.0535. The average Bonchev–Trinajstić information content (AvgIpc) is 3.21. The van der Waals surface area contributed by atoms with E-state index in [0.29, 0.717) is 18.9 Å². The van der Waals surface area contributed by atoms with Crippen LogP contribution in [0.25, 0.3) is 10.9 Å². The number of nitrogens with zero attached hydrogens (tertiary/aromatic N) is 1. The molecule has 0 radical (unpaired) electrons. The molecule has 1 N–H and O–H groups in total. The lowest BCUT2D eigenvalue weighted by molar-refractivity contribution is -0.121. The Balaban J connectivity index is 1.74. The number of methoxy groups -OCH3 is 1. The summed E-state index contributed by atoms with van der Waals surface area (Å²) >= 11 is 0. The van der Waals surface area contributed by atoms with Crippen molar-refractivity contribution >= 4 is 16.8 Å². The highest BCUT2D eigenvalue weighted by Crippen LogP contribution is 2.35. The number of benzene rings is 3. The Kier molecular flexibility index (Phi) is 7.36. The van der Waals surface area contributed by atoms with Crippen molar-refractivity contribution in [3.8, 4) is 5.75 Å². The highest BCUT2D eigenvalue weighted by molar-refractivity contribution is 5.86. The van der Waals surface area contributed by atoms with E-state index in [1.54, 1.807) is 7.11 Å². The molecule has 0 saturated carbocycles. The monoisotopic (exact) mass is 454 g/mol. The van der Waals surface area contributed by atoms with E-state index in [2.05, 4.69) is 97.5 Å². The van der Waals surface area contributed by atoms with Crippen molar-refractivity contribution in [3.05, 3.63) is 101 Å². The Morgan fingerprint density at radius 3 is 2.35 bits per heavy atom. The lowest BCUT2D eigenvalue weighted by Gasteiger charge is -2.18. The molecule has 4 aromatic rings. The molecule has 0 saturated heterocycles. The van der Waals surface area contributed by atoms with Gasteiger partial charge >= 0.3 is 0 Å². The zero-order valence-electron chi connectivity index (χ0n) is 20.5. The maximum Gasteiger partial charge on any atom is 0.220 e. The van der Waals surface area contributed by atoms with Crippen LogP contribution in [0.4, 0.5) is 0 Å². The molecular formula is C30H34N2O2. The maximum atomic E-state index is 13.0. The van der Waals surface area contributed by atoms with Crippen molar-refractivity contribution in [1.29, 1.82) is 0 Å². The van der Waals surface area contributed by atoms with E-state index in [4.69, 9.17) is 4.74 Å². The molecule has 1 amide bonds. The highest BCUT2D eigenvalue weighted by Gasteiger charge is 2.23. The second-order valence-electron chi connectivity index (χ2n) is 9.44. The summed E-state index contributed by atoms with van der Waals surface area (Å²) in [5.74, 6) is 1.25. The molecule has 1 unspecified atom stereocenters. The topological polar surface area (TPSA) is 43.3 Å². The van der Waals surface area contributed by atoms with Gasteiger partial charge in [-0.2, -0.15) is 0 Å². The van der Waals surface area contributed by atoms with Crippen LogP contribution >= 0.6 is 0 Å². The molecule has 0 aliphatic heterocycles. The van der Waals surface area contributed by atoms with Gasteiger partial charge in [-0.1, -0.05) is 74.0 Å². The van der Waals surface area contributed by atoms with Crippen molar-refractivity contribution in [3.63, 3.8) is 0 Å². The van der Waals surface area contributed by atoms with Crippen LogP contribution in [0.3, 0.4) is 0 Å². The van der Waals surface area contributed by atoms with E-state index < -0.39 is 0 Å². The van der Waals surface area contributed by atoms with E-state index in [1.165, 1.54) is 27.6 Å². The summed E-state index contributed by atoms with van der Waals surface area (Å²) in [4.78, 5) is 13.0. The molecule has 4 heteroatoms. The molecule has 34 heavy (non-hydrogen) atoms. The highest BCUT2D eigenvalue weighted by atomic mass is 16.5. The van der Waals surface area contributed by atoms with Gasteiger partial charge in [0.25, 0.3) is 0 Å². The summed E-state index contributed by atoms with van der Waals surface area (Å²) in [5, 5.41) is 4.29. The summed E-state index contributed by atoms with van der Waals surface area (Å²) in [6.45, 7) is 7.80. The number of carbonyl (C=O) groups excluding carboxylic acids is 1. The maximum absolute atomic E-state index is 13.0. The van der Waals surface area contributed by atoms with Crippen molar-refractivity contribution in [2.75, 3.05) is 13.7 Å². The Morgan fingerprint density at radius 2 is 1.68 bits per heavy atom. The van der Waals surface area contributed by atoms with Crippen molar-refractivity contribution < 1.29 is 9.53 Å². The minimum atomic E-state index is -0.0535. The third-order valence-corrected chi connectivity index (χ3v) is 6.28. The van der Waals surface area contributed by atoms with Gasteiger partial charge in [0, 0.05) is 42.5 Å². The number of hydrogen-bond acceptors (Lipinski definition) is 2. The molecule has 4 rings (SSSR count). The second kappa shape index (κ2) is 10.6. The van der Waals surface area contributed by atoms with Crippen LogP contribution in [0.1, 0.15) is 48.4 Å². The van der Waals surface area contributed by atoms with Crippen LogP contribution in [0, 0.1) is 12.8 Å². The fourth-order valence-electron chi connectivity index (χ4n) is 4.39. The minimum Gasteiger partial charge on any atom is -0.497 e. The zero-order chi connectivity index (χ0) is 24.1. The molecule has 1 aromatic heterocycles. The largest absolute Gasteiger partial charge is 0.497 e. The van der Waals surface area contributed by atoms with E-state index in [-0.39, 0.29) is 11.8 Å². The molecular weight excluding hydrogens is 420 g/mol. The summed E-state index contributed by atoms with van der Waals surface area (Å²) < 4.78 is 7.67. The molecule has 0 aliphatic carbocycles. The molecule has 4 nitrogen and oxygen atoms in total. The third-order valence-electron chi connectivity index (χ3n) is 6.28. The first-order chi connectivity index (χ1) is 16.4. The number of aryl methyl sites for hydroxylation is 1. The van der Waals surface area contributed by atoms with Gasteiger partial charge in [0.15, 0.2) is 0 Å². The lowest BCUT2D eigenvalue weighted by atomic mass is 9.88. The third kappa shape index (κ3) is 5.51. The normalized spacial score (nSPS) is 12.1. The molecule has 0 spiro atoms. The standard InChI is InChI=1S/C30H34N2O2/c1-21(2)18-31-30(33)17-27(24-13-15-25(34-4)16-14-24)28-20-32(29-8-6-5-7-26(28)29)19-23-11-9-22(3)10-12-23/h5-16,20-21,27H,17-19H2,1-4H3,(H,31,33). The number of aromatic nitrogens is 1. The number of rotatable bonds is 9. The van der Waals surface area contributed by atoms with Crippen LogP contribution in [-0.4, -0.2) is 24.1 Å². The quantitative estimate of drug-likeness (QED) is 0.322. The predicted molar refractivity (Wildman–Crippen MR) is 140 cm³/mol. The van der Waals surface area contributed by atoms with Crippen LogP contribution in [-0.2, 0) is 11.3 Å². The Labute approximate surface area is 202 Å². The number of nitrogens with one attached hydrogen (secondary N) is 1. The zero-order valence-corrected chi connectivity index (χ0v) is 20.5. The molecule has 0 aliphatic rings. The first-order valence-electron chi connectivity index (χ1n) is 12.0. The number of amides is 1. The van der Waals surface area contributed by atoms with Crippen LogP contribution < -0.4 is 10.1 Å². The summed E-state index contributed by atoms with van der Waals surface area (Å²) in [5.41, 5.74) is 5.98. The van der Waals surface area contributed by atoms with Gasteiger partial charge in [-0.25, -0.2) is 0 Å². The summed E-state index contributed by atoms with van der Waals surface area (Å²) in [6.07, 6.45) is 2.63. The van der Waals surface area contributed by atoms with Crippen molar-refractivity contribution in [1.82, 2.24) is 9.88 Å². The molecule has 176 valence electrons. The summed E-state index contributed by atoms with van der Waals surface area (Å²) in [6, 6.07) is 25.3. The first kappa shape index (κ1) is 23.6. The van der Waals surface area contributed by atoms with Gasteiger partial charge < -0.3 is 14.6 Å². The SMILES string of the molecule is COc1ccc(C(CC(=O)NCC(C)C)c2cn(Cc3ccc(C)cc3)c3ccccc23)cc1. The van der Waals surface area contributed by atoms with Gasteiger partial charge in [-0.3, -0.25) is 4.79 Å². The van der Waals surface area contributed by atoms with Crippen LogP contribution in [0.2, 0.25) is 0 Å². The molecule has 0 fully saturated rings. The number of carbonyl (C=O) groups is 1. The molecule has 1 heterocycles. The van der Waals surface area contributed by atoms with Gasteiger partial charge in [-0.15, -0.1) is 0 Å². The van der Waals surface area contributed by atoms with Gasteiger partial charge in [0.05, 0.1) is 7.11 Å². The van der Waals surface area contributed by atoms with Crippen molar-refractivity contribution in [2.45, 2.75) is 39.7 Å². The molecule has 3 aromatic carbocycles. The predicted octanol–water partition coefficient (Wildman–Crippen LogP) is 6.30. The average molecular weight is 455 g/mol. The summed E-state index contributed by atoms with van der Waals surface area (Å²) in [7, 11) is 1.67. The van der Waals surface area contributed by atoms with E-state index in [0.717, 1.165) is 17.9 Å². The van der Waals surface area contributed by atoms with Crippen LogP contribution in [0.15, 0.2) is 79.0 Å². The number of hydrogen-bond donors (Lipinski definition) is 1. The van der Waals surface area contributed by atoms with E-state index in [9.17, 15) is 4.79 Å². The first-order valence-corrected chi connectivity index (χ1v) is 12.0.